The fourth-order valence-electron chi connectivity index (χ4n) is 3.13. The number of carbonyl (C=O) groups is 1. The molecule has 2 aromatic carbocycles. The zero-order valence-corrected chi connectivity index (χ0v) is 17.7. The first-order valence-corrected chi connectivity index (χ1v) is 11.8. The van der Waals surface area contributed by atoms with Gasteiger partial charge in [-0.1, -0.05) is 41.9 Å². The molecule has 1 amide bonds. The molecule has 29 heavy (non-hydrogen) atoms. The fraction of sp³-hybridized carbons (Fsp3) is 0.200. The van der Waals surface area contributed by atoms with Crippen LogP contribution in [0.4, 0.5) is 5.69 Å². The van der Waals surface area contributed by atoms with Crippen molar-refractivity contribution in [2.45, 2.75) is 17.7 Å². The van der Waals surface area contributed by atoms with Crippen LogP contribution in [0.1, 0.15) is 23.3 Å². The lowest BCUT2D eigenvalue weighted by molar-refractivity contribution is 0.102. The van der Waals surface area contributed by atoms with Gasteiger partial charge in [-0.05, 0) is 31.0 Å². The highest BCUT2D eigenvalue weighted by atomic mass is 35.5. The Labute approximate surface area is 178 Å². The van der Waals surface area contributed by atoms with E-state index in [4.69, 9.17) is 11.6 Å². The van der Waals surface area contributed by atoms with Gasteiger partial charge < -0.3 is 5.32 Å². The molecule has 0 unspecified atom stereocenters. The fourth-order valence-corrected chi connectivity index (χ4v) is 5.96. The summed E-state index contributed by atoms with van der Waals surface area (Å²) in [4.78, 5) is 17.0. The van der Waals surface area contributed by atoms with Crippen molar-refractivity contribution in [2.75, 3.05) is 18.4 Å². The Morgan fingerprint density at radius 3 is 2.55 bits per heavy atom. The van der Waals surface area contributed by atoms with Gasteiger partial charge >= 0.3 is 0 Å². The van der Waals surface area contributed by atoms with Crippen molar-refractivity contribution in [1.29, 1.82) is 0 Å². The van der Waals surface area contributed by atoms with E-state index in [2.05, 4.69) is 10.3 Å². The van der Waals surface area contributed by atoms with Crippen molar-refractivity contribution in [2.24, 2.45) is 0 Å². The molecule has 150 valence electrons. The van der Waals surface area contributed by atoms with Crippen LogP contribution in [0.2, 0.25) is 5.02 Å². The molecule has 0 spiro atoms. The van der Waals surface area contributed by atoms with Crippen LogP contribution in [0.3, 0.4) is 0 Å². The number of hydrogen-bond acceptors (Lipinski definition) is 5. The monoisotopic (exact) mass is 447 g/mol. The minimum Gasteiger partial charge on any atom is -0.321 e. The number of rotatable bonds is 5. The van der Waals surface area contributed by atoms with Gasteiger partial charge in [0.15, 0.2) is 0 Å². The highest BCUT2D eigenvalue weighted by Crippen LogP contribution is 2.30. The molecule has 1 aliphatic rings. The minimum atomic E-state index is -3.69. The second-order valence-corrected chi connectivity index (χ2v) is 9.79. The molecule has 6 nitrogen and oxygen atoms in total. The minimum absolute atomic E-state index is 0.00196. The Hall–Kier alpha value is -2.26. The topological polar surface area (TPSA) is 79.4 Å². The second-order valence-electron chi connectivity index (χ2n) is 6.61. The van der Waals surface area contributed by atoms with Crippen molar-refractivity contribution < 1.29 is 13.2 Å². The SMILES string of the molecule is O=C(Nc1ccc(Cl)c(S(=O)(=O)N2CCCC2)c1)c1csc(-c2ccccc2)n1. The van der Waals surface area contributed by atoms with Gasteiger partial charge in [0.1, 0.15) is 15.6 Å². The highest BCUT2D eigenvalue weighted by molar-refractivity contribution is 7.89. The van der Waals surface area contributed by atoms with Gasteiger partial charge in [-0.15, -0.1) is 11.3 Å². The molecular formula is C20H18ClN3O3S2. The normalized spacial score (nSPS) is 14.8. The van der Waals surface area contributed by atoms with E-state index in [1.807, 2.05) is 30.3 Å². The summed E-state index contributed by atoms with van der Waals surface area (Å²) in [6.45, 7) is 0.965. The smallest absolute Gasteiger partial charge is 0.275 e. The first-order chi connectivity index (χ1) is 13.9. The van der Waals surface area contributed by atoms with Crippen LogP contribution in [0.5, 0.6) is 0 Å². The number of halogens is 1. The molecule has 4 rings (SSSR count). The largest absolute Gasteiger partial charge is 0.321 e. The van der Waals surface area contributed by atoms with Gasteiger partial charge in [-0.3, -0.25) is 4.79 Å². The Morgan fingerprint density at radius 1 is 1.10 bits per heavy atom. The third-order valence-corrected chi connectivity index (χ3v) is 7.90. The summed E-state index contributed by atoms with van der Waals surface area (Å²) in [5.74, 6) is -0.407. The third kappa shape index (κ3) is 4.20. The number of thiazole rings is 1. The number of sulfonamides is 1. The van der Waals surface area contributed by atoms with E-state index in [1.165, 1.54) is 27.8 Å². The molecule has 0 bridgehead atoms. The summed E-state index contributed by atoms with van der Waals surface area (Å²) in [6.07, 6.45) is 1.67. The molecule has 1 fully saturated rings. The molecule has 0 saturated carbocycles. The predicted octanol–water partition coefficient (Wildman–Crippen LogP) is 4.50. The van der Waals surface area contributed by atoms with Crippen LogP contribution < -0.4 is 5.32 Å². The summed E-state index contributed by atoms with van der Waals surface area (Å²) in [5, 5.41) is 5.27. The summed E-state index contributed by atoms with van der Waals surface area (Å²) < 4.78 is 27.1. The highest BCUT2D eigenvalue weighted by Gasteiger charge is 2.29. The summed E-state index contributed by atoms with van der Waals surface area (Å²) in [5.41, 5.74) is 1.56. The lowest BCUT2D eigenvalue weighted by atomic mass is 10.2. The molecule has 1 aliphatic heterocycles. The first kappa shape index (κ1) is 20.0. The van der Waals surface area contributed by atoms with Gasteiger partial charge in [0.05, 0.1) is 5.02 Å². The maximum Gasteiger partial charge on any atom is 0.275 e. The van der Waals surface area contributed by atoms with E-state index in [-0.39, 0.29) is 15.6 Å². The Morgan fingerprint density at radius 2 is 1.83 bits per heavy atom. The lowest BCUT2D eigenvalue weighted by Gasteiger charge is -2.17. The zero-order chi connectivity index (χ0) is 20.4. The summed E-state index contributed by atoms with van der Waals surface area (Å²) in [6, 6.07) is 14.0. The average Bonchev–Trinajstić information content (AvgIpc) is 3.42. The number of aromatic nitrogens is 1. The van der Waals surface area contributed by atoms with E-state index >= 15 is 0 Å². The number of carbonyl (C=O) groups excluding carboxylic acids is 1. The van der Waals surface area contributed by atoms with Gasteiger partial charge in [0.25, 0.3) is 5.91 Å². The van der Waals surface area contributed by atoms with Gasteiger partial charge in [0.2, 0.25) is 10.0 Å². The van der Waals surface area contributed by atoms with Crippen molar-refractivity contribution in [3.8, 4) is 10.6 Å². The Bertz CT molecular complexity index is 1140. The maximum atomic E-state index is 12.8. The molecule has 3 aromatic rings. The van der Waals surface area contributed by atoms with Gasteiger partial charge in [-0.2, -0.15) is 4.31 Å². The van der Waals surface area contributed by atoms with Crippen molar-refractivity contribution in [1.82, 2.24) is 9.29 Å². The first-order valence-electron chi connectivity index (χ1n) is 9.07. The molecule has 0 atom stereocenters. The number of nitrogens with zero attached hydrogens (tertiary/aromatic N) is 2. The summed E-state index contributed by atoms with van der Waals surface area (Å²) >= 11 is 7.53. The Balaban J connectivity index is 1.56. The van der Waals surface area contributed by atoms with Crippen molar-refractivity contribution in [3.63, 3.8) is 0 Å². The van der Waals surface area contributed by atoms with Crippen LogP contribution in [0, 0.1) is 0 Å². The zero-order valence-electron chi connectivity index (χ0n) is 15.3. The van der Waals surface area contributed by atoms with Gasteiger partial charge in [0, 0.05) is 29.7 Å². The van der Waals surface area contributed by atoms with Gasteiger partial charge in [-0.25, -0.2) is 13.4 Å². The van der Waals surface area contributed by atoms with E-state index in [0.717, 1.165) is 23.4 Å². The molecular weight excluding hydrogens is 430 g/mol. The number of hydrogen-bond donors (Lipinski definition) is 1. The number of anilines is 1. The van der Waals surface area contributed by atoms with Crippen LogP contribution in [-0.2, 0) is 10.0 Å². The van der Waals surface area contributed by atoms with Crippen molar-refractivity contribution >= 4 is 44.6 Å². The molecule has 9 heteroatoms. The maximum absolute atomic E-state index is 12.8. The molecule has 2 heterocycles. The van der Waals surface area contributed by atoms with E-state index in [0.29, 0.717) is 18.8 Å². The third-order valence-electron chi connectivity index (χ3n) is 4.63. The van der Waals surface area contributed by atoms with E-state index in [9.17, 15) is 13.2 Å². The standard InChI is InChI=1S/C20H18ClN3O3S2/c21-16-9-8-15(12-18(16)29(26,27)24-10-4-5-11-24)22-19(25)17-13-28-20(23-17)14-6-2-1-3-7-14/h1-3,6-9,12-13H,4-5,10-11H2,(H,22,25). The number of benzene rings is 2. The number of nitrogens with one attached hydrogen (secondary N) is 1. The molecule has 1 N–H and O–H groups in total. The van der Waals surface area contributed by atoms with Crippen LogP contribution >= 0.6 is 22.9 Å². The predicted molar refractivity (Wildman–Crippen MR) is 115 cm³/mol. The summed E-state index contributed by atoms with van der Waals surface area (Å²) in [7, 11) is -3.69. The van der Waals surface area contributed by atoms with Crippen LogP contribution in [-0.4, -0.2) is 36.7 Å². The van der Waals surface area contributed by atoms with E-state index < -0.39 is 15.9 Å². The molecule has 1 saturated heterocycles. The molecule has 0 aliphatic carbocycles. The van der Waals surface area contributed by atoms with Crippen LogP contribution in [0.25, 0.3) is 10.6 Å². The second kappa shape index (κ2) is 8.23. The lowest BCUT2D eigenvalue weighted by Crippen LogP contribution is -2.28. The van der Waals surface area contributed by atoms with E-state index in [1.54, 1.807) is 11.4 Å². The average molecular weight is 448 g/mol. The quantitative estimate of drug-likeness (QED) is 0.624. The molecule has 0 radical (unpaired) electrons. The number of amides is 1. The Kier molecular flexibility index (Phi) is 5.69. The van der Waals surface area contributed by atoms with Crippen LogP contribution in [0.15, 0.2) is 58.8 Å². The van der Waals surface area contributed by atoms with Crippen molar-refractivity contribution in [3.05, 3.63) is 64.6 Å². The molecule has 1 aromatic heterocycles.